The van der Waals surface area contributed by atoms with E-state index in [9.17, 15) is 22.0 Å². The molecule has 30 heavy (non-hydrogen) atoms. The number of para-hydroxylation sites is 1. The van der Waals surface area contributed by atoms with E-state index in [0.29, 0.717) is 5.69 Å². The van der Waals surface area contributed by atoms with Crippen LogP contribution in [-0.2, 0) is 14.8 Å². The number of carbonyl (C=O) groups excluding carboxylic acids is 1. The Morgan fingerprint density at radius 1 is 1.00 bits per heavy atom. The van der Waals surface area contributed by atoms with Crippen LogP contribution in [0, 0.1) is 11.6 Å². The van der Waals surface area contributed by atoms with E-state index in [1.165, 1.54) is 18.2 Å². The summed E-state index contributed by atoms with van der Waals surface area (Å²) in [5.41, 5.74) is 0.0540. The molecule has 0 heterocycles. The summed E-state index contributed by atoms with van der Waals surface area (Å²) in [7, 11) is -3.88. The van der Waals surface area contributed by atoms with E-state index in [1.54, 1.807) is 30.3 Å². The Balaban J connectivity index is 1.65. The molecule has 1 amide bonds. The minimum Gasteiger partial charge on any atom is -0.482 e. The van der Waals surface area contributed by atoms with E-state index in [-0.39, 0.29) is 21.4 Å². The lowest BCUT2D eigenvalue weighted by molar-refractivity contribution is -0.118. The van der Waals surface area contributed by atoms with Crippen molar-refractivity contribution in [3.63, 3.8) is 0 Å². The topological polar surface area (TPSA) is 84.5 Å². The summed E-state index contributed by atoms with van der Waals surface area (Å²) in [6.45, 7) is -0.552. The fraction of sp³-hybridized carbons (Fsp3) is 0.0500. The Morgan fingerprint density at radius 3 is 2.43 bits per heavy atom. The highest BCUT2D eigenvalue weighted by molar-refractivity contribution is 7.92. The summed E-state index contributed by atoms with van der Waals surface area (Å²) in [5, 5.41) is 2.13. The predicted molar refractivity (Wildman–Crippen MR) is 109 cm³/mol. The van der Waals surface area contributed by atoms with Crippen LogP contribution in [0.2, 0.25) is 5.02 Å². The fourth-order valence-electron chi connectivity index (χ4n) is 2.41. The molecule has 0 bridgehead atoms. The van der Waals surface area contributed by atoms with Gasteiger partial charge in [-0.25, -0.2) is 17.2 Å². The summed E-state index contributed by atoms with van der Waals surface area (Å²) < 4.78 is 59.3. The van der Waals surface area contributed by atoms with Crippen molar-refractivity contribution in [2.24, 2.45) is 0 Å². The third-order valence-corrected chi connectivity index (χ3v) is 5.48. The standard InChI is InChI=1S/C20H15ClF2N2O4S/c21-16-11-15(30(27,28)25-14-4-2-1-3-5-14)7-9-19(16)29-12-20(26)24-18-10-13(22)6-8-17(18)23/h1-11,25H,12H2,(H,24,26). The van der Waals surface area contributed by atoms with Gasteiger partial charge in [-0.15, -0.1) is 0 Å². The zero-order valence-corrected chi connectivity index (χ0v) is 16.8. The van der Waals surface area contributed by atoms with E-state index >= 15 is 0 Å². The monoisotopic (exact) mass is 452 g/mol. The second-order valence-electron chi connectivity index (χ2n) is 6.02. The molecule has 0 saturated carbocycles. The average molecular weight is 453 g/mol. The maximum absolute atomic E-state index is 13.6. The van der Waals surface area contributed by atoms with Gasteiger partial charge >= 0.3 is 0 Å². The number of anilines is 2. The number of sulfonamides is 1. The largest absolute Gasteiger partial charge is 0.482 e. The number of benzene rings is 3. The summed E-state index contributed by atoms with van der Waals surface area (Å²) in [4.78, 5) is 11.8. The number of hydrogen-bond donors (Lipinski definition) is 2. The first-order chi connectivity index (χ1) is 14.2. The van der Waals surface area contributed by atoms with Gasteiger partial charge in [0.2, 0.25) is 0 Å². The second kappa shape index (κ2) is 9.10. The molecular weight excluding hydrogens is 438 g/mol. The van der Waals surface area contributed by atoms with Crippen LogP contribution in [0.4, 0.5) is 20.2 Å². The first-order valence-corrected chi connectivity index (χ1v) is 10.4. The van der Waals surface area contributed by atoms with Gasteiger partial charge in [0.25, 0.3) is 15.9 Å². The van der Waals surface area contributed by atoms with E-state index in [2.05, 4.69) is 10.0 Å². The smallest absolute Gasteiger partial charge is 0.262 e. The van der Waals surface area contributed by atoms with Gasteiger partial charge in [-0.05, 0) is 42.5 Å². The molecule has 3 aromatic carbocycles. The van der Waals surface area contributed by atoms with Crippen molar-refractivity contribution >= 4 is 38.9 Å². The Labute approximate surface area is 176 Å². The minimum atomic E-state index is -3.88. The fourth-order valence-corrected chi connectivity index (χ4v) is 3.79. The maximum Gasteiger partial charge on any atom is 0.262 e. The molecule has 0 aliphatic rings. The van der Waals surface area contributed by atoms with Crippen molar-refractivity contribution in [3.05, 3.63) is 83.4 Å². The summed E-state index contributed by atoms with van der Waals surface area (Å²) >= 11 is 6.07. The zero-order valence-electron chi connectivity index (χ0n) is 15.2. The van der Waals surface area contributed by atoms with Gasteiger partial charge < -0.3 is 10.1 Å². The maximum atomic E-state index is 13.6. The number of ether oxygens (including phenoxy) is 1. The molecule has 3 aromatic rings. The molecule has 0 aliphatic carbocycles. The molecule has 0 aromatic heterocycles. The first kappa shape index (κ1) is 21.5. The molecule has 2 N–H and O–H groups in total. The van der Waals surface area contributed by atoms with Gasteiger partial charge in [-0.3, -0.25) is 9.52 Å². The van der Waals surface area contributed by atoms with Crippen molar-refractivity contribution in [1.29, 1.82) is 0 Å². The van der Waals surface area contributed by atoms with Gasteiger partial charge in [0.15, 0.2) is 6.61 Å². The molecule has 156 valence electrons. The van der Waals surface area contributed by atoms with Gasteiger partial charge in [0.1, 0.15) is 17.4 Å². The van der Waals surface area contributed by atoms with E-state index < -0.39 is 34.2 Å². The average Bonchev–Trinajstić information content (AvgIpc) is 2.70. The van der Waals surface area contributed by atoms with Crippen LogP contribution in [0.3, 0.4) is 0 Å². The van der Waals surface area contributed by atoms with Crippen molar-refractivity contribution in [3.8, 4) is 5.75 Å². The molecular formula is C20H15ClF2N2O4S. The van der Waals surface area contributed by atoms with Gasteiger partial charge in [0.05, 0.1) is 15.6 Å². The Morgan fingerprint density at radius 2 is 1.73 bits per heavy atom. The van der Waals surface area contributed by atoms with E-state index in [1.807, 2.05) is 0 Å². The number of nitrogens with one attached hydrogen (secondary N) is 2. The van der Waals surface area contributed by atoms with Crippen molar-refractivity contribution < 1.29 is 26.7 Å². The van der Waals surface area contributed by atoms with Crippen LogP contribution in [-0.4, -0.2) is 20.9 Å². The molecule has 0 fully saturated rings. The molecule has 10 heteroatoms. The highest BCUT2D eigenvalue weighted by atomic mass is 35.5. The minimum absolute atomic E-state index is 0.0457. The Bertz CT molecular complexity index is 1170. The van der Waals surface area contributed by atoms with Crippen molar-refractivity contribution in [2.45, 2.75) is 4.90 Å². The number of halogens is 3. The second-order valence-corrected chi connectivity index (χ2v) is 8.11. The molecule has 0 aliphatic heterocycles. The molecule has 0 saturated heterocycles. The number of carbonyl (C=O) groups is 1. The van der Waals surface area contributed by atoms with Crippen molar-refractivity contribution in [1.82, 2.24) is 0 Å². The number of hydrogen-bond acceptors (Lipinski definition) is 4. The summed E-state index contributed by atoms with van der Waals surface area (Å²) in [6.07, 6.45) is 0. The first-order valence-electron chi connectivity index (χ1n) is 8.50. The van der Waals surface area contributed by atoms with Crippen LogP contribution in [0.25, 0.3) is 0 Å². The highest BCUT2D eigenvalue weighted by Crippen LogP contribution is 2.28. The van der Waals surface area contributed by atoms with Crippen LogP contribution < -0.4 is 14.8 Å². The van der Waals surface area contributed by atoms with Gasteiger partial charge in [0, 0.05) is 11.8 Å². The van der Waals surface area contributed by atoms with Crippen molar-refractivity contribution in [2.75, 3.05) is 16.6 Å². The van der Waals surface area contributed by atoms with Crippen LogP contribution >= 0.6 is 11.6 Å². The zero-order chi connectivity index (χ0) is 21.7. The summed E-state index contributed by atoms with van der Waals surface area (Å²) in [5.74, 6) is -2.22. The predicted octanol–water partition coefficient (Wildman–Crippen LogP) is 4.44. The normalized spacial score (nSPS) is 11.0. The van der Waals surface area contributed by atoms with Gasteiger partial charge in [-0.1, -0.05) is 29.8 Å². The summed E-state index contributed by atoms with van der Waals surface area (Å²) in [6, 6.07) is 14.7. The third kappa shape index (κ3) is 5.46. The van der Waals surface area contributed by atoms with Gasteiger partial charge in [-0.2, -0.15) is 0 Å². The molecule has 0 spiro atoms. The molecule has 0 atom stereocenters. The van der Waals surface area contributed by atoms with Crippen LogP contribution in [0.1, 0.15) is 0 Å². The number of rotatable bonds is 7. The SMILES string of the molecule is O=C(COc1ccc(S(=O)(=O)Nc2ccccc2)cc1Cl)Nc1cc(F)ccc1F. The van der Waals surface area contributed by atoms with E-state index in [4.69, 9.17) is 16.3 Å². The molecule has 0 unspecified atom stereocenters. The highest BCUT2D eigenvalue weighted by Gasteiger charge is 2.17. The number of amides is 1. The molecule has 3 rings (SSSR count). The van der Waals surface area contributed by atoms with Crippen LogP contribution in [0.15, 0.2) is 71.6 Å². The van der Waals surface area contributed by atoms with Crippen LogP contribution in [0.5, 0.6) is 5.75 Å². The lowest BCUT2D eigenvalue weighted by Gasteiger charge is -2.12. The quantitative estimate of drug-likeness (QED) is 0.555. The van der Waals surface area contributed by atoms with E-state index in [0.717, 1.165) is 18.2 Å². The molecule has 0 radical (unpaired) electrons. The third-order valence-electron chi connectivity index (χ3n) is 3.80. The lowest BCUT2D eigenvalue weighted by Crippen LogP contribution is -2.21. The Hall–Kier alpha value is -3.17. The lowest BCUT2D eigenvalue weighted by atomic mass is 10.3. The Kier molecular flexibility index (Phi) is 6.53. The molecule has 6 nitrogen and oxygen atoms in total.